The zero-order valence-corrected chi connectivity index (χ0v) is 13.3. The first-order valence-corrected chi connectivity index (χ1v) is 8.84. The number of esters is 1. The second-order valence-electron chi connectivity index (χ2n) is 4.71. The minimum Gasteiger partial charge on any atom is -0.469 e. The van der Waals surface area contributed by atoms with Crippen molar-refractivity contribution in [2.24, 2.45) is 5.41 Å². The van der Waals surface area contributed by atoms with Gasteiger partial charge in [0.05, 0.1) is 19.3 Å². The van der Waals surface area contributed by atoms with Gasteiger partial charge in [0.25, 0.3) is 0 Å². The summed E-state index contributed by atoms with van der Waals surface area (Å²) in [5.41, 5.74) is -0.0492. The lowest BCUT2D eigenvalue weighted by molar-refractivity contribution is -0.141. The van der Waals surface area contributed by atoms with E-state index >= 15 is 0 Å². The summed E-state index contributed by atoms with van der Waals surface area (Å²) in [6.45, 7) is 0. The van der Waals surface area contributed by atoms with Crippen molar-refractivity contribution in [3.63, 3.8) is 0 Å². The van der Waals surface area contributed by atoms with E-state index in [9.17, 15) is 9.00 Å². The van der Waals surface area contributed by atoms with Gasteiger partial charge in [-0.3, -0.25) is 9.00 Å². The molecule has 0 radical (unpaired) electrons. The standard InChI is InChI=1S/C12H15BrO3S2/c1-16-11(14)5-12(2-3-12)8-18(15)7-10-4-9(13)6-17-10/h4,6H,2-3,5,7-8H2,1H3. The third kappa shape index (κ3) is 3.90. The molecule has 1 aliphatic carbocycles. The number of ether oxygens (including phenoxy) is 1. The van der Waals surface area contributed by atoms with Crippen LogP contribution < -0.4 is 0 Å². The van der Waals surface area contributed by atoms with Crippen LogP contribution >= 0.6 is 27.3 Å². The van der Waals surface area contributed by atoms with Gasteiger partial charge in [-0.2, -0.15) is 0 Å². The molecule has 1 heterocycles. The summed E-state index contributed by atoms with van der Waals surface area (Å²) in [5.74, 6) is 1.000. The van der Waals surface area contributed by atoms with Gasteiger partial charge >= 0.3 is 5.97 Å². The van der Waals surface area contributed by atoms with Gasteiger partial charge < -0.3 is 4.74 Å². The van der Waals surface area contributed by atoms with Gasteiger partial charge in [-0.25, -0.2) is 0 Å². The van der Waals surface area contributed by atoms with Gasteiger partial charge in [-0.15, -0.1) is 11.3 Å². The Labute approximate surface area is 122 Å². The van der Waals surface area contributed by atoms with E-state index in [4.69, 9.17) is 0 Å². The van der Waals surface area contributed by atoms with Gasteiger partial charge in [0.15, 0.2) is 0 Å². The normalized spacial score (nSPS) is 18.3. The molecule has 1 fully saturated rings. The fourth-order valence-corrected chi connectivity index (χ4v) is 5.39. The molecule has 2 rings (SSSR count). The number of halogens is 1. The summed E-state index contributed by atoms with van der Waals surface area (Å²) >= 11 is 5.00. The van der Waals surface area contributed by atoms with E-state index in [1.165, 1.54) is 7.11 Å². The van der Waals surface area contributed by atoms with E-state index in [2.05, 4.69) is 20.7 Å². The highest BCUT2D eigenvalue weighted by Crippen LogP contribution is 2.49. The number of hydrogen-bond acceptors (Lipinski definition) is 4. The van der Waals surface area contributed by atoms with Crippen LogP contribution in [0, 0.1) is 5.41 Å². The van der Waals surface area contributed by atoms with Crippen LogP contribution in [0.5, 0.6) is 0 Å². The van der Waals surface area contributed by atoms with Gasteiger partial charge in [0.2, 0.25) is 0 Å². The molecule has 0 spiro atoms. The first-order chi connectivity index (χ1) is 8.53. The largest absolute Gasteiger partial charge is 0.469 e. The molecule has 1 atom stereocenters. The number of thiophene rings is 1. The van der Waals surface area contributed by atoms with Crippen molar-refractivity contribution >= 4 is 44.0 Å². The molecule has 18 heavy (non-hydrogen) atoms. The van der Waals surface area contributed by atoms with Crippen LogP contribution in [0.1, 0.15) is 24.1 Å². The summed E-state index contributed by atoms with van der Waals surface area (Å²) in [5, 5.41) is 1.99. The highest BCUT2D eigenvalue weighted by atomic mass is 79.9. The van der Waals surface area contributed by atoms with Crippen LogP contribution in [0.25, 0.3) is 0 Å². The summed E-state index contributed by atoms with van der Waals surface area (Å²) in [7, 11) is 0.500. The molecule has 0 amide bonds. The smallest absolute Gasteiger partial charge is 0.306 e. The molecular formula is C12H15BrO3S2. The van der Waals surface area contributed by atoms with Gasteiger partial charge in [0, 0.05) is 31.3 Å². The Kier molecular flexibility index (Phi) is 4.61. The highest BCUT2D eigenvalue weighted by Gasteiger charge is 2.45. The lowest BCUT2D eigenvalue weighted by Gasteiger charge is -2.12. The van der Waals surface area contributed by atoms with Gasteiger partial charge in [-0.1, -0.05) is 0 Å². The Bertz CT molecular complexity index is 466. The quantitative estimate of drug-likeness (QED) is 0.740. The third-order valence-electron chi connectivity index (χ3n) is 3.10. The maximum Gasteiger partial charge on any atom is 0.306 e. The summed E-state index contributed by atoms with van der Waals surface area (Å²) in [4.78, 5) is 12.4. The van der Waals surface area contributed by atoms with E-state index in [-0.39, 0.29) is 11.4 Å². The van der Waals surface area contributed by atoms with Gasteiger partial charge in [-0.05, 0) is 40.3 Å². The molecule has 0 bridgehead atoms. The van der Waals surface area contributed by atoms with Gasteiger partial charge in [0.1, 0.15) is 0 Å². The first kappa shape index (κ1) is 14.2. The second-order valence-corrected chi connectivity index (χ2v) is 8.08. The number of methoxy groups -OCH3 is 1. The summed E-state index contributed by atoms with van der Waals surface area (Å²) in [6, 6.07) is 2.00. The lowest BCUT2D eigenvalue weighted by atomic mass is 10.1. The van der Waals surface area contributed by atoms with Crippen LogP contribution in [0.2, 0.25) is 0 Å². The number of rotatable bonds is 6. The first-order valence-electron chi connectivity index (χ1n) is 5.68. The van der Waals surface area contributed by atoms with Crippen LogP contribution in [-0.2, 0) is 26.1 Å². The number of hydrogen-bond donors (Lipinski definition) is 0. The molecule has 1 aliphatic rings. The predicted molar refractivity (Wildman–Crippen MR) is 77.0 cm³/mol. The molecule has 0 aromatic carbocycles. The zero-order valence-electron chi connectivity index (χ0n) is 10.1. The van der Waals surface area contributed by atoms with E-state index in [0.717, 1.165) is 22.2 Å². The number of carbonyl (C=O) groups is 1. The molecule has 6 heteroatoms. The molecule has 1 saturated carbocycles. The Morgan fingerprint density at radius 1 is 1.61 bits per heavy atom. The Hall–Kier alpha value is -0.200. The molecule has 0 saturated heterocycles. The average Bonchev–Trinajstić information content (AvgIpc) is 2.92. The van der Waals surface area contributed by atoms with Crippen LogP contribution in [-0.4, -0.2) is 23.0 Å². The average molecular weight is 351 g/mol. The van der Waals surface area contributed by atoms with E-state index in [0.29, 0.717) is 17.9 Å². The minimum atomic E-state index is -0.901. The fraction of sp³-hybridized carbons (Fsp3) is 0.583. The molecule has 3 nitrogen and oxygen atoms in total. The highest BCUT2D eigenvalue weighted by molar-refractivity contribution is 9.10. The van der Waals surface area contributed by atoms with Crippen molar-refractivity contribution in [3.8, 4) is 0 Å². The van der Waals surface area contributed by atoms with Crippen molar-refractivity contribution in [3.05, 3.63) is 20.8 Å². The second kappa shape index (κ2) is 5.84. The molecule has 0 N–H and O–H groups in total. The van der Waals surface area contributed by atoms with Crippen molar-refractivity contribution in [2.75, 3.05) is 12.9 Å². The van der Waals surface area contributed by atoms with Crippen LogP contribution in [0.15, 0.2) is 15.9 Å². The molecule has 1 aromatic rings. The topological polar surface area (TPSA) is 43.4 Å². The van der Waals surface area contributed by atoms with Crippen molar-refractivity contribution < 1.29 is 13.7 Å². The molecule has 1 unspecified atom stereocenters. The minimum absolute atomic E-state index is 0.0492. The summed E-state index contributed by atoms with van der Waals surface area (Å²) in [6.07, 6.45) is 2.38. The molecule has 1 aromatic heterocycles. The maximum absolute atomic E-state index is 12.1. The van der Waals surface area contributed by atoms with Crippen LogP contribution in [0.3, 0.4) is 0 Å². The van der Waals surface area contributed by atoms with Crippen molar-refractivity contribution in [1.29, 1.82) is 0 Å². The zero-order chi connectivity index (χ0) is 13.2. The van der Waals surface area contributed by atoms with E-state index < -0.39 is 10.8 Å². The summed E-state index contributed by atoms with van der Waals surface area (Å²) < 4.78 is 17.8. The lowest BCUT2D eigenvalue weighted by Crippen LogP contribution is -2.18. The maximum atomic E-state index is 12.1. The third-order valence-corrected chi connectivity index (χ3v) is 6.54. The SMILES string of the molecule is COC(=O)CC1(CS(=O)Cc2cc(Br)cs2)CC1. The van der Waals surface area contributed by atoms with E-state index in [1.807, 2.05) is 11.4 Å². The van der Waals surface area contributed by atoms with Crippen LogP contribution in [0.4, 0.5) is 0 Å². The Morgan fingerprint density at radius 3 is 2.83 bits per heavy atom. The Balaban J connectivity index is 1.86. The molecule has 0 aliphatic heterocycles. The molecule has 100 valence electrons. The Morgan fingerprint density at radius 2 is 2.33 bits per heavy atom. The van der Waals surface area contributed by atoms with Crippen molar-refractivity contribution in [1.82, 2.24) is 0 Å². The predicted octanol–water partition coefficient (Wildman–Crippen LogP) is 3.10. The monoisotopic (exact) mass is 350 g/mol. The fourth-order valence-electron chi connectivity index (χ4n) is 1.91. The van der Waals surface area contributed by atoms with Crippen molar-refractivity contribution in [2.45, 2.75) is 25.0 Å². The van der Waals surface area contributed by atoms with E-state index in [1.54, 1.807) is 11.3 Å². The molecular weight excluding hydrogens is 336 g/mol. The number of carbonyl (C=O) groups excluding carboxylic acids is 1.